The Kier molecular flexibility index (Phi) is 9.95. The maximum atomic E-state index is 13.4. The zero-order valence-electron chi connectivity index (χ0n) is 25.6. The fourth-order valence-corrected chi connectivity index (χ4v) is 6.47. The molecule has 238 valence electrons. The highest BCUT2D eigenvalue weighted by atomic mass is 32.1. The Morgan fingerprint density at radius 1 is 0.851 bits per heavy atom. The normalized spacial score (nSPS) is 13.3. The molecule has 0 aliphatic carbocycles. The smallest absolute Gasteiger partial charge is 0.293 e. The first kappa shape index (κ1) is 31.6. The van der Waals surface area contributed by atoms with Crippen LogP contribution in [0.5, 0.6) is 0 Å². The predicted molar refractivity (Wildman–Crippen MR) is 184 cm³/mol. The van der Waals surface area contributed by atoms with Crippen molar-refractivity contribution in [3.05, 3.63) is 153 Å². The van der Waals surface area contributed by atoms with Crippen LogP contribution < -0.4 is 10.6 Å². The Hall–Kier alpha value is -5.39. The highest BCUT2D eigenvalue weighted by Crippen LogP contribution is 2.30. The summed E-state index contributed by atoms with van der Waals surface area (Å²) in [6.07, 6.45) is 0.697. The third kappa shape index (κ3) is 7.71. The molecule has 4 aromatic carbocycles. The summed E-state index contributed by atoms with van der Waals surface area (Å²) in [6.45, 7) is 2.99. The van der Waals surface area contributed by atoms with Crippen molar-refractivity contribution in [2.75, 3.05) is 43.4 Å². The molecule has 2 N–H and O–H groups in total. The Morgan fingerprint density at radius 3 is 2.09 bits per heavy atom. The van der Waals surface area contributed by atoms with E-state index in [1.165, 1.54) is 29.3 Å². The first-order chi connectivity index (χ1) is 23.0. The van der Waals surface area contributed by atoms with Gasteiger partial charge in [0, 0.05) is 49.7 Å². The van der Waals surface area contributed by atoms with E-state index in [1.807, 2.05) is 66.7 Å². The first-order valence-corrected chi connectivity index (χ1v) is 16.3. The molecule has 10 nitrogen and oxygen atoms in total. The first-order valence-electron chi connectivity index (χ1n) is 15.4. The number of anilines is 2. The van der Waals surface area contributed by atoms with Gasteiger partial charge in [-0.25, -0.2) is 4.98 Å². The number of carbonyl (C=O) groups is 2. The van der Waals surface area contributed by atoms with Crippen molar-refractivity contribution in [3.8, 4) is 0 Å². The van der Waals surface area contributed by atoms with Crippen molar-refractivity contribution in [1.82, 2.24) is 14.8 Å². The average molecular weight is 647 g/mol. The summed E-state index contributed by atoms with van der Waals surface area (Å²) in [5, 5.41) is 19.5. The van der Waals surface area contributed by atoms with E-state index in [0.29, 0.717) is 44.8 Å². The fraction of sp³-hybridized carbons (Fsp3) is 0.194. The summed E-state index contributed by atoms with van der Waals surface area (Å²) < 4.78 is 0. The highest BCUT2D eigenvalue weighted by molar-refractivity contribution is 7.14. The Bertz CT molecular complexity index is 1790. The van der Waals surface area contributed by atoms with E-state index in [4.69, 9.17) is 0 Å². The number of thiazole rings is 1. The zero-order chi connectivity index (χ0) is 32.6. The number of nitrogens with zero attached hydrogens (tertiary/aromatic N) is 4. The number of benzene rings is 4. The second-order valence-electron chi connectivity index (χ2n) is 11.2. The average Bonchev–Trinajstić information content (AvgIpc) is 3.58. The van der Waals surface area contributed by atoms with Crippen molar-refractivity contribution in [2.45, 2.75) is 12.5 Å². The SMILES string of the molecule is O=C(Nc1nc(C(=O)N2CCN(C(c3ccccc3)c3ccccc3)CC2)cs1)c1ccc(NCCc2ccccc2)c([N+](=O)[O-])c1. The van der Waals surface area contributed by atoms with Crippen LogP contribution in [0.1, 0.15) is 43.6 Å². The maximum absolute atomic E-state index is 13.4. The molecule has 1 fully saturated rings. The molecule has 1 saturated heterocycles. The lowest BCUT2D eigenvalue weighted by atomic mass is 9.96. The quantitative estimate of drug-likeness (QED) is 0.124. The maximum Gasteiger partial charge on any atom is 0.293 e. The lowest BCUT2D eigenvalue weighted by molar-refractivity contribution is -0.384. The number of nitro benzene ring substituents is 1. The largest absolute Gasteiger partial charge is 0.379 e. The van der Waals surface area contributed by atoms with Gasteiger partial charge in [-0.05, 0) is 35.2 Å². The molecule has 0 saturated carbocycles. The molecule has 0 unspecified atom stereocenters. The van der Waals surface area contributed by atoms with E-state index in [0.717, 1.165) is 16.9 Å². The molecule has 47 heavy (non-hydrogen) atoms. The van der Waals surface area contributed by atoms with Crippen LogP contribution in [0.25, 0.3) is 0 Å². The molecular formula is C36H34N6O4S. The molecule has 2 amide bonds. The van der Waals surface area contributed by atoms with Gasteiger partial charge in [-0.3, -0.25) is 29.9 Å². The zero-order valence-corrected chi connectivity index (χ0v) is 26.4. The molecule has 6 rings (SSSR count). The Morgan fingerprint density at radius 2 is 1.47 bits per heavy atom. The van der Waals surface area contributed by atoms with Gasteiger partial charge in [0.1, 0.15) is 11.4 Å². The molecule has 0 radical (unpaired) electrons. The van der Waals surface area contributed by atoms with Crippen LogP contribution >= 0.6 is 11.3 Å². The van der Waals surface area contributed by atoms with E-state index in [9.17, 15) is 19.7 Å². The van der Waals surface area contributed by atoms with Crippen LogP contribution in [0.3, 0.4) is 0 Å². The molecule has 0 atom stereocenters. The van der Waals surface area contributed by atoms with E-state index in [2.05, 4.69) is 44.8 Å². The molecule has 11 heteroatoms. The number of nitro groups is 1. The number of nitrogens with one attached hydrogen (secondary N) is 2. The molecule has 5 aromatic rings. The van der Waals surface area contributed by atoms with Gasteiger partial charge in [0.25, 0.3) is 17.5 Å². The lowest BCUT2D eigenvalue weighted by Crippen LogP contribution is -2.50. The molecule has 1 aliphatic heterocycles. The summed E-state index contributed by atoms with van der Waals surface area (Å²) in [4.78, 5) is 46.3. The number of hydrogen-bond acceptors (Lipinski definition) is 8. The fourth-order valence-electron chi connectivity index (χ4n) is 5.79. The number of carbonyl (C=O) groups excluding carboxylic acids is 2. The summed E-state index contributed by atoms with van der Waals surface area (Å²) in [7, 11) is 0. The van der Waals surface area contributed by atoms with Crippen LogP contribution in [0, 0.1) is 10.1 Å². The van der Waals surface area contributed by atoms with E-state index in [1.54, 1.807) is 10.3 Å². The molecule has 0 bridgehead atoms. The van der Waals surface area contributed by atoms with Gasteiger partial charge in [0.05, 0.1) is 11.0 Å². The van der Waals surface area contributed by atoms with Gasteiger partial charge in [-0.1, -0.05) is 91.0 Å². The minimum atomic E-state index is -0.543. The van der Waals surface area contributed by atoms with Gasteiger partial charge in [-0.2, -0.15) is 0 Å². The Labute approximate surface area is 276 Å². The highest BCUT2D eigenvalue weighted by Gasteiger charge is 2.29. The summed E-state index contributed by atoms with van der Waals surface area (Å²) in [6, 6.07) is 35.0. The lowest BCUT2D eigenvalue weighted by Gasteiger charge is -2.39. The second kappa shape index (κ2) is 14.8. The molecule has 1 aliphatic rings. The van der Waals surface area contributed by atoms with Crippen LogP contribution in [0.15, 0.2) is 115 Å². The summed E-state index contributed by atoms with van der Waals surface area (Å²) in [5.41, 5.74) is 4.05. The number of hydrogen-bond donors (Lipinski definition) is 2. The van der Waals surface area contributed by atoms with E-state index < -0.39 is 10.8 Å². The molecule has 1 aromatic heterocycles. The van der Waals surface area contributed by atoms with Gasteiger partial charge in [0.15, 0.2) is 5.13 Å². The minimum absolute atomic E-state index is 0.0886. The Balaban J connectivity index is 1.06. The number of aromatic nitrogens is 1. The predicted octanol–water partition coefficient (Wildman–Crippen LogP) is 6.51. The van der Waals surface area contributed by atoms with Gasteiger partial charge in [0.2, 0.25) is 0 Å². The summed E-state index contributed by atoms with van der Waals surface area (Å²) in [5.74, 6) is -0.738. The third-order valence-electron chi connectivity index (χ3n) is 8.17. The van der Waals surface area contributed by atoms with Crippen molar-refractivity contribution in [1.29, 1.82) is 0 Å². The topological polar surface area (TPSA) is 121 Å². The van der Waals surface area contributed by atoms with E-state index in [-0.39, 0.29) is 34.0 Å². The van der Waals surface area contributed by atoms with Crippen LogP contribution in [-0.4, -0.2) is 64.2 Å². The monoisotopic (exact) mass is 646 g/mol. The van der Waals surface area contributed by atoms with Gasteiger partial charge < -0.3 is 10.2 Å². The summed E-state index contributed by atoms with van der Waals surface area (Å²) >= 11 is 1.14. The van der Waals surface area contributed by atoms with Crippen LogP contribution in [0.4, 0.5) is 16.5 Å². The van der Waals surface area contributed by atoms with Crippen LogP contribution in [0.2, 0.25) is 0 Å². The molecule has 2 heterocycles. The van der Waals surface area contributed by atoms with Gasteiger partial charge >= 0.3 is 0 Å². The minimum Gasteiger partial charge on any atom is -0.379 e. The van der Waals surface area contributed by atoms with Crippen molar-refractivity contribution in [2.24, 2.45) is 0 Å². The van der Waals surface area contributed by atoms with E-state index >= 15 is 0 Å². The van der Waals surface area contributed by atoms with Crippen LogP contribution in [-0.2, 0) is 6.42 Å². The number of amides is 2. The number of piperazine rings is 1. The van der Waals surface area contributed by atoms with Crippen molar-refractivity contribution < 1.29 is 14.5 Å². The van der Waals surface area contributed by atoms with Gasteiger partial charge in [-0.15, -0.1) is 11.3 Å². The molecular weight excluding hydrogens is 613 g/mol. The number of rotatable bonds is 11. The molecule has 0 spiro atoms. The standard InChI is InChI=1S/C36H34N6O4S/c43-34(29-16-17-30(32(24-29)42(45)46)37-19-18-26-10-4-1-5-11-26)39-36-38-31(25-47-36)35(44)41-22-20-40(21-23-41)33(27-12-6-2-7-13-27)28-14-8-3-9-15-28/h1-17,24-25,33,37H,18-23H2,(H,38,39,43). The van der Waals surface area contributed by atoms with Crippen molar-refractivity contribution in [3.63, 3.8) is 0 Å². The third-order valence-corrected chi connectivity index (χ3v) is 8.93. The second-order valence-corrected chi connectivity index (χ2v) is 12.1. The van der Waals surface area contributed by atoms with Crippen molar-refractivity contribution >= 4 is 39.7 Å².